The molecule has 4 rings (SSSR count). The third-order valence-corrected chi connectivity index (χ3v) is 6.16. The molecule has 32 heavy (non-hydrogen) atoms. The van der Waals surface area contributed by atoms with Gasteiger partial charge in [-0.2, -0.15) is 0 Å². The molecule has 2 aliphatic rings. The van der Waals surface area contributed by atoms with E-state index in [0.29, 0.717) is 5.92 Å². The minimum atomic E-state index is -1.59. The molecule has 10 heteroatoms. The van der Waals surface area contributed by atoms with Crippen molar-refractivity contribution < 1.29 is 44.2 Å². The van der Waals surface area contributed by atoms with Gasteiger partial charge in [0, 0.05) is 6.07 Å². The van der Waals surface area contributed by atoms with E-state index in [1.165, 1.54) is 18.2 Å². The molecule has 0 unspecified atom stereocenters. The van der Waals surface area contributed by atoms with E-state index >= 15 is 0 Å². The Labute approximate surface area is 183 Å². The molecule has 1 aliphatic carbocycles. The summed E-state index contributed by atoms with van der Waals surface area (Å²) < 4.78 is 21.9. The second-order valence-electron chi connectivity index (χ2n) is 8.54. The minimum absolute atomic E-state index is 0.0270. The Kier molecular flexibility index (Phi) is 6.59. The van der Waals surface area contributed by atoms with Crippen LogP contribution in [0.3, 0.4) is 0 Å². The van der Waals surface area contributed by atoms with E-state index in [4.69, 9.17) is 18.6 Å². The average Bonchev–Trinajstić information content (AvgIpc) is 2.78. The number of aliphatic hydroxyl groups is 4. The van der Waals surface area contributed by atoms with Crippen LogP contribution in [-0.4, -0.2) is 68.9 Å². The predicted molar refractivity (Wildman–Crippen MR) is 111 cm³/mol. The first-order valence-electron chi connectivity index (χ1n) is 10.7. The molecular weight excluding hydrogens is 424 g/mol. The second-order valence-corrected chi connectivity index (χ2v) is 8.54. The minimum Gasteiger partial charge on any atom is -0.504 e. The Morgan fingerprint density at radius 1 is 1.03 bits per heavy atom. The van der Waals surface area contributed by atoms with Gasteiger partial charge in [0.25, 0.3) is 0 Å². The van der Waals surface area contributed by atoms with Crippen molar-refractivity contribution in [1.82, 2.24) is 0 Å². The second kappa shape index (κ2) is 9.24. The first kappa shape index (κ1) is 22.8. The molecule has 0 bridgehead atoms. The highest BCUT2D eigenvalue weighted by atomic mass is 16.7. The molecule has 10 nitrogen and oxygen atoms in total. The van der Waals surface area contributed by atoms with Crippen LogP contribution in [0.4, 0.5) is 0 Å². The number of aliphatic hydroxyl groups excluding tert-OH is 4. The summed E-state index contributed by atoms with van der Waals surface area (Å²) in [5.74, 6) is 0.173. The van der Waals surface area contributed by atoms with Crippen LogP contribution in [0.25, 0.3) is 11.0 Å². The Bertz CT molecular complexity index is 994. The number of hydrogen-bond acceptors (Lipinski definition) is 10. The zero-order valence-corrected chi connectivity index (χ0v) is 17.6. The summed E-state index contributed by atoms with van der Waals surface area (Å²) in [5, 5.41) is 50.0. The van der Waals surface area contributed by atoms with E-state index < -0.39 is 42.9 Å². The molecule has 1 saturated heterocycles. The SMILES string of the molecule is C[C@H]1CC[C@@H](Oc2c(O)c3ccc(O[C@H]4O[C@H](CO)[C@@H](O)[C@H](O)[C@@H]4O)cc3oc2=O)CC1. The Morgan fingerprint density at radius 3 is 2.44 bits per heavy atom. The van der Waals surface area contributed by atoms with Crippen LogP contribution in [0.15, 0.2) is 27.4 Å². The van der Waals surface area contributed by atoms with E-state index in [-0.39, 0.29) is 34.3 Å². The molecule has 5 N–H and O–H groups in total. The number of ether oxygens (including phenoxy) is 3. The van der Waals surface area contributed by atoms with Gasteiger partial charge in [0.2, 0.25) is 12.0 Å². The van der Waals surface area contributed by atoms with Gasteiger partial charge in [0.15, 0.2) is 5.75 Å². The number of rotatable bonds is 5. The molecule has 2 heterocycles. The van der Waals surface area contributed by atoms with Crippen molar-refractivity contribution in [2.45, 2.75) is 69.4 Å². The maximum Gasteiger partial charge on any atom is 0.383 e. The summed E-state index contributed by atoms with van der Waals surface area (Å²) in [6.45, 7) is 1.58. The van der Waals surface area contributed by atoms with Crippen LogP contribution in [0.2, 0.25) is 0 Å². The van der Waals surface area contributed by atoms with Gasteiger partial charge < -0.3 is 44.2 Å². The van der Waals surface area contributed by atoms with Gasteiger partial charge in [0.05, 0.1) is 18.1 Å². The smallest absolute Gasteiger partial charge is 0.383 e. The monoisotopic (exact) mass is 452 g/mol. The lowest BCUT2D eigenvalue weighted by Crippen LogP contribution is -2.60. The van der Waals surface area contributed by atoms with Crippen molar-refractivity contribution in [2.75, 3.05) is 6.61 Å². The molecule has 0 radical (unpaired) electrons. The van der Waals surface area contributed by atoms with Crippen molar-refractivity contribution >= 4 is 11.0 Å². The molecule has 1 aliphatic heterocycles. The molecule has 176 valence electrons. The highest BCUT2D eigenvalue weighted by Gasteiger charge is 2.44. The summed E-state index contributed by atoms with van der Waals surface area (Å²) in [5.41, 5.74) is -0.794. The molecule has 2 aromatic rings. The Balaban J connectivity index is 1.55. The maximum atomic E-state index is 12.5. The van der Waals surface area contributed by atoms with Crippen LogP contribution in [0, 0.1) is 5.92 Å². The molecule has 5 atom stereocenters. The van der Waals surface area contributed by atoms with E-state index in [1.54, 1.807) is 0 Å². The summed E-state index contributed by atoms with van der Waals surface area (Å²) >= 11 is 0. The molecular formula is C22H28O10. The number of benzene rings is 1. The van der Waals surface area contributed by atoms with Gasteiger partial charge in [-0.05, 0) is 43.7 Å². The van der Waals surface area contributed by atoms with Gasteiger partial charge in [-0.25, -0.2) is 4.79 Å². The zero-order chi connectivity index (χ0) is 23.0. The van der Waals surface area contributed by atoms with E-state index in [9.17, 15) is 30.3 Å². The van der Waals surface area contributed by atoms with Gasteiger partial charge in [0.1, 0.15) is 35.7 Å². The third kappa shape index (κ3) is 4.41. The van der Waals surface area contributed by atoms with Gasteiger partial charge in [-0.3, -0.25) is 0 Å². The van der Waals surface area contributed by atoms with Gasteiger partial charge in [-0.15, -0.1) is 0 Å². The van der Waals surface area contributed by atoms with Crippen LogP contribution in [0.1, 0.15) is 32.6 Å². The lowest BCUT2D eigenvalue weighted by Gasteiger charge is -2.39. The molecule has 0 amide bonds. The zero-order valence-electron chi connectivity index (χ0n) is 17.6. The fraction of sp³-hybridized carbons (Fsp3) is 0.591. The lowest BCUT2D eigenvalue weighted by molar-refractivity contribution is -0.277. The quantitative estimate of drug-likeness (QED) is 0.407. The number of hydrogen-bond donors (Lipinski definition) is 5. The average molecular weight is 452 g/mol. The van der Waals surface area contributed by atoms with Crippen molar-refractivity contribution in [3.63, 3.8) is 0 Å². The highest BCUT2D eigenvalue weighted by Crippen LogP contribution is 2.36. The first-order chi connectivity index (χ1) is 15.3. The van der Waals surface area contributed by atoms with Crippen molar-refractivity contribution in [1.29, 1.82) is 0 Å². The lowest BCUT2D eigenvalue weighted by atomic mass is 9.89. The summed E-state index contributed by atoms with van der Waals surface area (Å²) in [6.07, 6.45) is -3.78. The summed E-state index contributed by atoms with van der Waals surface area (Å²) in [4.78, 5) is 12.5. The van der Waals surface area contributed by atoms with Gasteiger partial charge >= 0.3 is 5.63 Å². The Morgan fingerprint density at radius 2 is 1.75 bits per heavy atom. The molecule has 0 spiro atoms. The maximum absolute atomic E-state index is 12.5. The van der Waals surface area contributed by atoms with E-state index in [2.05, 4.69) is 6.92 Å². The number of aromatic hydroxyl groups is 1. The normalized spacial score (nSPS) is 33.2. The van der Waals surface area contributed by atoms with E-state index in [1.807, 2.05) is 0 Å². The standard InChI is InChI=1S/C22H28O10/c1-10-2-4-11(5-3-10)29-20-16(24)13-7-6-12(8-14(13)31-21(20)28)30-22-19(27)18(26)17(25)15(9-23)32-22/h6-8,10-11,15,17-19,22-27H,2-5,9H2,1H3/t10-,11+,15-,17-,18+,19+,22+/m1/s1. The largest absolute Gasteiger partial charge is 0.504 e. The third-order valence-electron chi connectivity index (χ3n) is 6.16. The van der Waals surface area contributed by atoms with Crippen molar-refractivity contribution in [3.8, 4) is 17.2 Å². The number of fused-ring (bicyclic) bond motifs is 1. The summed E-state index contributed by atoms with van der Waals surface area (Å²) in [6, 6.07) is 4.24. The van der Waals surface area contributed by atoms with Crippen molar-refractivity contribution in [3.05, 3.63) is 28.6 Å². The first-order valence-corrected chi connectivity index (χ1v) is 10.7. The van der Waals surface area contributed by atoms with Crippen LogP contribution in [0.5, 0.6) is 17.2 Å². The summed E-state index contributed by atoms with van der Waals surface area (Å²) in [7, 11) is 0. The Hall–Kier alpha value is -2.37. The molecule has 1 aromatic heterocycles. The topological polar surface area (TPSA) is 159 Å². The van der Waals surface area contributed by atoms with E-state index in [0.717, 1.165) is 25.7 Å². The fourth-order valence-electron chi connectivity index (χ4n) is 4.14. The molecule has 2 fully saturated rings. The fourth-order valence-corrected chi connectivity index (χ4v) is 4.14. The van der Waals surface area contributed by atoms with Crippen LogP contribution >= 0.6 is 0 Å². The van der Waals surface area contributed by atoms with Crippen molar-refractivity contribution in [2.24, 2.45) is 5.92 Å². The molecule has 1 aromatic carbocycles. The predicted octanol–water partition coefficient (Wildman–Crippen LogP) is 0.635. The molecule has 1 saturated carbocycles. The van der Waals surface area contributed by atoms with Crippen LogP contribution in [-0.2, 0) is 4.74 Å². The van der Waals surface area contributed by atoms with Gasteiger partial charge in [-0.1, -0.05) is 6.92 Å². The highest BCUT2D eigenvalue weighted by molar-refractivity contribution is 5.86. The van der Waals surface area contributed by atoms with Crippen LogP contribution < -0.4 is 15.1 Å².